The lowest BCUT2D eigenvalue weighted by Gasteiger charge is -2.36. The highest BCUT2D eigenvalue weighted by Gasteiger charge is 2.40. The number of carbonyl (C=O) groups excluding carboxylic acids is 1. The van der Waals surface area contributed by atoms with E-state index >= 15 is 0 Å². The number of halogens is 2. The Morgan fingerprint density at radius 3 is 2.54 bits per heavy atom. The second kappa shape index (κ2) is 13.3. The second-order valence-electron chi connectivity index (χ2n) is 10.3. The van der Waals surface area contributed by atoms with Crippen LogP contribution in [0.5, 0.6) is 11.5 Å². The number of rotatable bonds is 10. The molecule has 0 spiro atoms. The predicted octanol–water partition coefficient (Wildman–Crippen LogP) is 5.46. The van der Waals surface area contributed by atoms with Crippen LogP contribution in [0.15, 0.2) is 66.7 Å². The number of benzene rings is 3. The van der Waals surface area contributed by atoms with E-state index in [1.807, 2.05) is 54.4 Å². The Bertz CT molecular complexity index is 1330. The number of nitrogens with zero attached hydrogens (tertiary/aromatic N) is 2. The Balaban J connectivity index is 1.03. The van der Waals surface area contributed by atoms with Gasteiger partial charge < -0.3 is 23.8 Å². The highest BCUT2D eigenvalue weighted by Crippen LogP contribution is 2.38. The van der Waals surface area contributed by atoms with Crippen molar-refractivity contribution in [3.8, 4) is 11.5 Å². The van der Waals surface area contributed by atoms with E-state index in [2.05, 4.69) is 22.5 Å². The third-order valence-electron chi connectivity index (χ3n) is 7.33. The van der Waals surface area contributed by atoms with Crippen LogP contribution in [0.1, 0.15) is 24.5 Å². The highest BCUT2D eigenvalue weighted by atomic mass is 35.5. The number of nitrogens with one attached hydrogen (secondary N) is 1. The minimum atomic E-state index is -0.947. The number of piperazine rings is 1. The minimum absolute atomic E-state index is 0.0241. The molecule has 1 N–H and O–H groups in total. The molecule has 2 aliphatic rings. The first-order chi connectivity index (χ1) is 19.8. The molecular weight excluding hydrogens is 565 g/mol. The summed E-state index contributed by atoms with van der Waals surface area (Å²) in [6.45, 7) is 5.73. The molecule has 2 saturated heterocycles. The van der Waals surface area contributed by atoms with Crippen LogP contribution in [0, 0.1) is 0 Å². The van der Waals surface area contributed by atoms with E-state index in [4.69, 9.17) is 42.1 Å². The van der Waals surface area contributed by atoms with Gasteiger partial charge in [-0.15, -0.1) is 0 Å². The van der Waals surface area contributed by atoms with Crippen molar-refractivity contribution < 1.29 is 23.7 Å². The number of aryl methyl sites for hydroxylation is 1. The van der Waals surface area contributed by atoms with Crippen LogP contribution in [0.2, 0.25) is 10.0 Å². The number of methoxy groups -OCH3 is 1. The fourth-order valence-electron chi connectivity index (χ4n) is 5.06. The topological polar surface area (TPSA) is 72.5 Å². The normalized spacial score (nSPS) is 21.1. The number of hydrogen-bond donors (Lipinski definition) is 1. The van der Waals surface area contributed by atoms with E-state index in [1.54, 1.807) is 19.2 Å². The van der Waals surface area contributed by atoms with E-state index in [1.165, 1.54) is 0 Å². The molecule has 0 unspecified atom stereocenters. The largest absolute Gasteiger partial charge is 0.497 e. The van der Waals surface area contributed by atoms with E-state index in [-0.39, 0.29) is 12.0 Å². The number of ether oxygens (including phenoxy) is 4. The summed E-state index contributed by atoms with van der Waals surface area (Å²) >= 11 is 12.4. The molecule has 218 valence electrons. The Morgan fingerprint density at radius 1 is 1.02 bits per heavy atom. The van der Waals surface area contributed by atoms with Crippen molar-refractivity contribution in [2.75, 3.05) is 51.4 Å². The zero-order chi connectivity index (χ0) is 28.8. The summed E-state index contributed by atoms with van der Waals surface area (Å²) in [6.07, 6.45) is 0.874. The molecular formula is C31H35Cl2N3O5. The molecule has 2 aliphatic heterocycles. The zero-order valence-corrected chi connectivity index (χ0v) is 24.8. The van der Waals surface area contributed by atoms with Gasteiger partial charge in [0.1, 0.15) is 24.2 Å². The molecule has 5 rings (SSSR count). The number of hydrogen-bond acceptors (Lipinski definition) is 7. The second-order valence-corrected chi connectivity index (χ2v) is 11.1. The zero-order valence-electron chi connectivity index (χ0n) is 23.3. The molecule has 10 heteroatoms. The van der Waals surface area contributed by atoms with Gasteiger partial charge in [-0.05, 0) is 67.4 Å². The summed E-state index contributed by atoms with van der Waals surface area (Å²) in [5, 5.41) is 3.06. The molecule has 3 aromatic rings. The first-order valence-electron chi connectivity index (χ1n) is 13.7. The van der Waals surface area contributed by atoms with Crippen LogP contribution in [0.4, 0.5) is 5.69 Å². The Morgan fingerprint density at radius 2 is 1.80 bits per heavy atom. The van der Waals surface area contributed by atoms with Gasteiger partial charge in [0.25, 0.3) is 0 Å². The molecule has 3 aromatic carbocycles. The van der Waals surface area contributed by atoms with Crippen molar-refractivity contribution >= 4 is 34.8 Å². The number of anilines is 1. The van der Waals surface area contributed by atoms with Crippen LogP contribution in [-0.4, -0.2) is 63.5 Å². The van der Waals surface area contributed by atoms with Crippen LogP contribution in [-0.2, 0) is 26.5 Å². The molecule has 0 aromatic heterocycles. The smallest absolute Gasteiger partial charge is 0.234 e. The molecule has 41 heavy (non-hydrogen) atoms. The molecule has 8 nitrogen and oxygen atoms in total. The van der Waals surface area contributed by atoms with Crippen LogP contribution in [0.3, 0.4) is 0 Å². The minimum Gasteiger partial charge on any atom is -0.497 e. The molecule has 0 saturated carbocycles. The van der Waals surface area contributed by atoms with Crippen molar-refractivity contribution in [3.05, 3.63) is 87.9 Å². The van der Waals surface area contributed by atoms with Crippen molar-refractivity contribution in [1.82, 2.24) is 10.4 Å². The van der Waals surface area contributed by atoms with Gasteiger partial charge in [-0.25, -0.2) is 5.01 Å². The molecule has 0 aliphatic carbocycles. The van der Waals surface area contributed by atoms with Crippen LogP contribution < -0.4 is 19.8 Å². The molecule has 2 atom stereocenters. The van der Waals surface area contributed by atoms with E-state index < -0.39 is 5.79 Å². The van der Waals surface area contributed by atoms with Crippen molar-refractivity contribution in [3.63, 3.8) is 0 Å². The number of amides is 1. The maximum Gasteiger partial charge on any atom is 0.234 e. The Hall–Kier alpha value is -3.01. The number of carbonyl (C=O) groups is 1. The number of hydrazine groups is 1. The summed E-state index contributed by atoms with van der Waals surface area (Å²) in [5.41, 5.74) is 5.99. The first kappa shape index (κ1) is 29.5. The lowest BCUT2D eigenvalue weighted by atomic mass is 10.1. The van der Waals surface area contributed by atoms with Gasteiger partial charge in [-0.3, -0.25) is 10.2 Å². The van der Waals surface area contributed by atoms with Crippen LogP contribution >= 0.6 is 23.2 Å². The van der Waals surface area contributed by atoms with Gasteiger partial charge in [0, 0.05) is 48.9 Å². The maximum atomic E-state index is 12.5. The quantitative estimate of drug-likeness (QED) is 0.332. The lowest BCUT2D eigenvalue weighted by Crippen LogP contribution is -2.53. The molecule has 0 radical (unpaired) electrons. The van der Waals surface area contributed by atoms with E-state index in [0.717, 1.165) is 54.5 Å². The van der Waals surface area contributed by atoms with E-state index in [0.29, 0.717) is 36.1 Å². The van der Waals surface area contributed by atoms with Crippen molar-refractivity contribution in [1.29, 1.82) is 0 Å². The van der Waals surface area contributed by atoms with Gasteiger partial charge in [-0.1, -0.05) is 41.4 Å². The van der Waals surface area contributed by atoms with Gasteiger partial charge in [-0.2, -0.15) is 0 Å². The van der Waals surface area contributed by atoms with Gasteiger partial charge in [0.2, 0.25) is 5.91 Å². The summed E-state index contributed by atoms with van der Waals surface area (Å²) in [6, 6.07) is 21.1. The van der Waals surface area contributed by atoms with Crippen molar-refractivity contribution in [2.24, 2.45) is 0 Å². The van der Waals surface area contributed by atoms with Gasteiger partial charge >= 0.3 is 0 Å². The standard InChI is InChI=1S/C31H35Cl2N3O5/c1-31(28-12-7-23(32)19-29(28)33)40-21-27(41-31)20-39-25-10-8-24(9-11-25)35-14-16-36(17-15-35)34-30(37)13-6-22-4-3-5-26(18-22)38-2/h3-5,7-12,18-19,27H,6,13-17,20-21H2,1-2H3,(H,34,37)/t27-,31+/m1/s1. The molecule has 0 bridgehead atoms. The van der Waals surface area contributed by atoms with Gasteiger partial charge in [0.05, 0.1) is 18.7 Å². The summed E-state index contributed by atoms with van der Waals surface area (Å²) < 4.78 is 23.4. The monoisotopic (exact) mass is 599 g/mol. The lowest BCUT2D eigenvalue weighted by molar-refractivity contribution is -0.164. The average molecular weight is 601 g/mol. The molecule has 1 amide bonds. The van der Waals surface area contributed by atoms with Crippen LogP contribution in [0.25, 0.3) is 0 Å². The maximum absolute atomic E-state index is 12.5. The molecule has 2 heterocycles. The SMILES string of the molecule is COc1cccc(CCC(=O)NN2CCN(c3ccc(OC[C@@H]4CO[C@](C)(c5ccc(Cl)cc5Cl)O4)cc3)CC2)c1. The third kappa shape index (κ3) is 7.64. The Kier molecular flexibility index (Phi) is 9.57. The fraction of sp³-hybridized carbons (Fsp3) is 0.387. The summed E-state index contributed by atoms with van der Waals surface area (Å²) in [5.74, 6) is 0.644. The van der Waals surface area contributed by atoms with Gasteiger partial charge in [0.15, 0.2) is 5.79 Å². The summed E-state index contributed by atoms with van der Waals surface area (Å²) in [7, 11) is 1.64. The molecule has 2 fully saturated rings. The predicted molar refractivity (Wildman–Crippen MR) is 160 cm³/mol. The summed E-state index contributed by atoms with van der Waals surface area (Å²) in [4.78, 5) is 14.8. The van der Waals surface area contributed by atoms with E-state index in [9.17, 15) is 4.79 Å². The Labute approximate surface area is 251 Å². The third-order valence-corrected chi connectivity index (χ3v) is 7.88. The highest BCUT2D eigenvalue weighted by molar-refractivity contribution is 6.35. The first-order valence-corrected chi connectivity index (χ1v) is 14.5. The average Bonchev–Trinajstić information content (AvgIpc) is 3.37. The van der Waals surface area contributed by atoms with Crippen molar-refractivity contribution in [2.45, 2.75) is 31.7 Å². The fourth-order valence-corrected chi connectivity index (χ4v) is 5.64.